The molecule has 0 bridgehead atoms. The molecule has 5 nitrogen and oxygen atoms in total. The Balaban J connectivity index is 1.93. The molecule has 27 heavy (non-hydrogen) atoms. The fraction of sp³-hybridized carbons (Fsp3) is 0.364. The van der Waals surface area contributed by atoms with Crippen LogP contribution in [-0.4, -0.2) is 17.9 Å². The molecule has 5 heteroatoms. The van der Waals surface area contributed by atoms with Crippen LogP contribution in [0, 0.1) is 19.8 Å². The van der Waals surface area contributed by atoms with E-state index in [1.807, 2.05) is 77.1 Å². The monoisotopic (exact) mass is 367 g/mol. The van der Waals surface area contributed by atoms with Gasteiger partial charge in [0.2, 0.25) is 11.8 Å². The number of hydrogen-bond acceptors (Lipinski definition) is 3. The fourth-order valence-electron chi connectivity index (χ4n) is 2.66. The molecule has 2 aromatic carbocycles. The van der Waals surface area contributed by atoms with Crippen molar-refractivity contribution in [3.8, 4) is 0 Å². The molecule has 3 N–H and O–H groups in total. The number of benzene rings is 2. The second kappa shape index (κ2) is 9.21. The molecule has 0 aliphatic carbocycles. The Kier molecular flexibility index (Phi) is 6.99. The van der Waals surface area contributed by atoms with Gasteiger partial charge in [0.05, 0.1) is 0 Å². The van der Waals surface area contributed by atoms with Crippen molar-refractivity contribution >= 4 is 28.9 Å². The highest BCUT2D eigenvalue weighted by molar-refractivity contribution is 5.97. The molecule has 144 valence electrons. The largest absolute Gasteiger partial charge is 0.374 e. The summed E-state index contributed by atoms with van der Waals surface area (Å²) in [5.41, 5.74) is 4.53. The van der Waals surface area contributed by atoms with E-state index >= 15 is 0 Å². The van der Waals surface area contributed by atoms with Gasteiger partial charge in [0.25, 0.3) is 0 Å². The number of nitrogens with one attached hydrogen (secondary N) is 3. The van der Waals surface area contributed by atoms with E-state index in [-0.39, 0.29) is 11.8 Å². The van der Waals surface area contributed by atoms with Crippen molar-refractivity contribution in [2.45, 2.75) is 47.1 Å². The van der Waals surface area contributed by atoms with Crippen molar-refractivity contribution in [1.82, 2.24) is 0 Å². The molecule has 0 saturated heterocycles. The van der Waals surface area contributed by atoms with Gasteiger partial charge in [-0.05, 0) is 68.1 Å². The summed E-state index contributed by atoms with van der Waals surface area (Å²) in [6.45, 7) is 9.81. The number of rotatable bonds is 7. The summed E-state index contributed by atoms with van der Waals surface area (Å²) >= 11 is 0. The van der Waals surface area contributed by atoms with Crippen LogP contribution < -0.4 is 16.0 Å². The van der Waals surface area contributed by atoms with Crippen LogP contribution in [-0.2, 0) is 9.59 Å². The van der Waals surface area contributed by atoms with E-state index in [4.69, 9.17) is 0 Å². The maximum atomic E-state index is 12.5. The van der Waals surface area contributed by atoms with Crippen LogP contribution in [0.1, 0.15) is 38.3 Å². The molecule has 2 rings (SSSR count). The number of aryl methyl sites for hydroxylation is 2. The van der Waals surface area contributed by atoms with Gasteiger partial charge in [0.1, 0.15) is 6.04 Å². The summed E-state index contributed by atoms with van der Waals surface area (Å²) < 4.78 is 0. The lowest BCUT2D eigenvalue weighted by molar-refractivity contribution is -0.117. The highest BCUT2D eigenvalue weighted by Crippen LogP contribution is 2.18. The minimum absolute atomic E-state index is 0.00646. The van der Waals surface area contributed by atoms with Crippen LogP contribution in [0.3, 0.4) is 0 Å². The van der Waals surface area contributed by atoms with Gasteiger partial charge in [-0.3, -0.25) is 9.59 Å². The Labute approximate surface area is 161 Å². The summed E-state index contributed by atoms with van der Waals surface area (Å²) in [6.07, 6.45) is 0.496. The van der Waals surface area contributed by atoms with Gasteiger partial charge in [-0.25, -0.2) is 0 Å². The van der Waals surface area contributed by atoms with Gasteiger partial charge in [0, 0.05) is 23.5 Å². The minimum atomic E-state index is -0.397. The first-order chi connectivity index (χ1) is 12.7. The van der Waals surface area contributed by atoms with Gasteiger partial charge in [-0.1, -0.05) is 26.0 Å². The maximum Gasteiger partial charge on any atom is 0.246 e. The third kappa shape index (κ3) is 6.44. The zero-order chi connectivity index (χ0) is 20.0. The van der Waals surface area contributed by atoms with Crippen LogP contribution in [0.4, 0.5) is 17.1 Å². The summed E-state index contributed by atoms with van der Waals surface area (Å²) in [6, 6.07) is 13.0. The van der Waals surface area contributed by atoms with Gasteiger partial charge in [0.15, 0.2) is 0 Å². The highest BCUT2D eigenvalue weighted by atomic mass is 16.2. The van der Waals surface area contributed by atoms with Crippen molar-refractivity contribution < 1.29 is 9.59 Å². The van der Waals surface area contributed by atoms with Crippen LogP contribution in [0.25, 0.3) is 0 Å². The highest BCUT2D eigenvalue weighted by Gasteiger charge is 2.14. The van der Waals surface area contributed by atoms with E-state index in [1.54, 1.807) is 0 Å². The maximum absolute atomic E-state index is 12.5. The molecule has 0 aliphatic rings. The van der Waals surface area contributed by atoms with Gasteiger partial charge < -0.3 is 16.0 Å². The van der Waals surface area contributed by atoms with Gasteiger partial charge in [-0.15, -0.1) is 0 Å². The third-order valence-corrected chi connectivity index (χ3v) is 4.19. The topological polar surface area (TPSA) is 70.2 Å². The van der Waals surface area contributed by atoms with E-state index in [2.05, 4.69) is 16.0 Å². The molecule has 0 radical (unpaired) electrons. The molecule has 0 aromatic heterocycles. The van der Waals surface area contributed by atoms with E-state index in [0.29, 0.717) is 12.3 Å². The minimum Gasteiger partial charge on any atom is -0.374 e. The molecule has 2 aromatic rings. The zero-order valence-corrected chi connectivity index (χ0v) is 16.7. The predicted molar refractivity (Wildman–Crippen MR) is 112 cm³/mol. The molecular weight excluding hydrogens is 338 g/mol. The van der Waals surface area contributed by atoms with E-state index < -0.39 is 6.04 Å². The second-order valence-corrected chi connectivity index (χ2v) is 7.40. The average Bonchev–Trinajstić information content (AvgIpc) is 2.59. The first kappa shape index (κ1) is 20.5. The first-order valence-corrected chi connectivity index (χ1v) is 9.29. The lowest BCUT2D eigenvalue weighted by atomic mass is 10.1. The Morgan fingerprint density at radius 2 is 1.52 bits per heavy atom. The van der Waals surface area contributed by atoms with Crippen LogP contribution >= 0.6 is 0 Å². The smallest absolute Gasteiger partial charge is 0.246 e. The fourth-order valence-corrected chi connectivity index (χ4v) is 2.66. The van der Waals surface area contributed by atoms with Crippen molar-refractivity contribution in [2.75, 3.05) is 16.0 Å². The SMILES string of the molecule is Cc1ccc(C)c(NC(=O)C(C)Nc2ccc(NC(=O)CC(C)C)cc2)c1. The molecule has 0 heterocycles. The van der Waals surface area contributed by atoms with Gasteiger partial charge >= 0.3 is 0 Å². The van der Waals surface area contributed by atoms with Crippen LogP contribution in [0.5, 0.6) is 0 Å². The summed E-state index contributed by atoms with van der Waals surface area (Å²) in [5, 5.41) is 9.03. The second-order valence-electron chi connectivity index (χ2n) is 7.40. The Morgan fingerprint density at radius 3 is 2.15 bits per heavy atom. The zero-order valence-electron chi connectivity index (χ0n) is 16.7. The molecule has 2 amide bonds. The van der Waals surface area contributed by atoms with Crippen molar-refractivity contribution in [3.05, 3.63) is 53.6 Å². The molecular formula is C22H29N3O2. The van der Waals surface area contributed by atoms with Crippen LogP contribution in [0.15, 0.2) is 42.5 Å². The Bertz CT molecular complexity index is 798. The third-order valence-electron chi connectivity index (χ3n) is 4.19. The quantitative estimate of drug-likeness (QED) is 0.663. The van der Waals surface area contributed by atoms with Crippen molar-refractivity contribution in [1.29, 1.82) is 0 Å². The Morgan fingerprint density at radius 1 is 0.889 bits per heavy atom. The summed E-state index contributed by atoms with van der Waals surface area (Å²) in [7, 11) is 0. The molecule has 0 fully saturated rings. The number of carbonyl (C=O) groups is 2. The standard InChI is InChI=1S/C22H29N3O2/c1-14(2)12-21(26)24-19-10-8-18(9-11-19)23-17(5)22(27)25-20-13-15(3)6-7-16(20)4/h6-11,13-14,17,23H,12H2,1-5H3,(H,24,26)(H,25,27). The lowest BCUT2D eigenvalue weighted by Gasteiger charge is -2.17. The first-order valence-electron chi connectivity index (χ1n) is 9.29. The normalized spacial score (nSPS) is 11.8. The predicted octanol–water partition coefficient (Wildman–Crippen LogP) is 4.73. The van der Waals surface area contributed by atoms with Crippen LogP contribution in [0.2, 0.25) is 0 Å². The average molecular weight is 367 g/mol. The van der Waals surface area contributed by atoms with Crippen molar-refractivity contribution in [3.63, 3.8) is 0 Å². The lowest BCUT2D eigenvalue weighted by Crippen LogP contribution is -2.32. The molecule has 1 atom stereocenters. The van der Waals surface area contributed by atoms with Crippen molar-refractivity contribution in [2.24, 2.45) is 5.92 Å². The number of anilines is 3. The Hall–Kier alpha value is -2.82. The molecule has 0 saturated carbocycles. The van der Waals surface area contributed by atoms with Gasteiger partial charge in [-0.2, -0.15) is 0 Å². The summed E-state index contributed by atoms with van der Waals surface area (Å²) in [5.74, 6) is 0.229. The number of hydrogen-bond donors (Lipinski definition) is 3. The number of carbonyl (C=O) groups excluding carboxylic acids is 2. The van der Waals surface area contributed by atoms with E-state index in [9.17, 15) is 9.59 Å². The van der Waals surface area contributed by atoms with E-state index in [0.717, 1.165) is 28.2 Å². The summed E-state index contributed by atoms with van der Waals surface area (Å²) in [4.78, 5) is 24.3. The molecule has 0 spiro atoms. The molecule has 1 unspecified atom stereocenters. The molecule has 0 aliphatic heterocycles. The van der Waals surface area contributed by atoms with E-state index in [1.165, 1.54) is 0 Å². The number of amides is 2.